The van der Waals surface area contributed by atoms with Crippen molar-refractivity contribution in [2.45, 2.75) is 38.2 Å². The van der Waals surface area contributed by atoms with E-state index in [1.807, 2.05) is 49.7 Å². The molecular weight excluding hydrogens is 434 g/mol. The Balaban J connectivity index is 1.59. The van der Waals surface area contributed by atoms with Gasteiger partial charge in [-0.05, 0) is 91.5 Å². The van der Waals surface area contributed by atoms with Gasteiger partial charge >= 0.3 is 0 Å². The van der Waals surface area contributed by atoms with Crippen LogP contribution in [-0.4, -0.2) is 44.8 Å². The highest BCUT2D eigenvalue weighted by Crippen LogP contribution is 2.35. The summed E-state index contributed by atoms with van der Waals surface area (Å²) >= 11 is 0. The lowest BCUT2D eigenvalue weighted by Gasteiger charge is -2.36. The van der Waals surface area contributed by atoms with Crippen LogP contribution < -0.4 is 5.56 Å². The predicted molar refractivity (Wildman–Crippen MR) is 143 cm³/mol. The number of benzene rings is 2. The number of likely N-dealkylation sites (tertiary alicyclic amines) is 1. The maximum absolute atomic E-state index is 13.9. The number of nitrogens with zero attached hydrogens (tertiary/aromatic N) is 3. The summed E-state index contributed by atoms with van der Waals surface area (Å²) in [4.78, 5) is 20.4. The summed E-state index contributed by atoms with van der Waals surface area (Å²) in [6, 6.07) is 20.7. The molecule has 0 unspecified atom stereocenters. The van der Waals surface area contributed by atoms with E-state index < -0.39 is 5.60 Å². The lowest BCUT2D eigenvalue weighted by Crippen LogP contribution is -2.43. The fourth-order valence-electron chi connectivity index (χ4n) is 5.43. The van der Waals surface area contributed by atoms with Crippen molar-refractivity contribution in [1.82, 2.24) is 14.5 Å². The van der Waals surface area contributed by atoms with Gasteiger partial charge in [-0.2, -0.15) is 0 Å². The molecule has 0 aliphatic carbocycles. The summed E-state index contributed by atoms with van der Waals surface area (Å²) < 4.78 is 1.85. The molecule has 0 atom stereocenters. The summed E-state index contributed by atoms with van der Waals surface area (Å²) in [5.41, 5.74) is 4.03. The van der Waals surface area contributed by atoms with Crippen molar-refractivity contribution in [2.24, 2.45) is 7.05 Å². The number of fused-ring (bicyclic) bond motifs is 1. The minimum absolute atomic E-state index is 0.0310. The van der Waals surface area contributed by atoms with Gasteiger partial charge in [0, 0.05) is 37.6 Å². The van der Waals surface area contributed by atoms with Crippen LogP contribution in [0.5, 0.6) is 0 Å². The van der Waals surface area contributed by atoms with Gasteiger partial charge in [-0.3, -0.25) is 9.78 Å². The van der Waals surface area contributed by atoms with Crippen molar-refractivity contribution in [1.29, 1.82) is 0 Å². The van der Waals surface area contributed by atoms with Crippen molar-refractivity contribution in [3.8, 4) is 22.3 Å². The van der Waals surface area contributed by atoms with Gasteiger partial charge in [-0.15, -0.1) is 0 Å². The Morgan fingerprint density at radius 2 is 1.63 bits per heavy atom. The van der Waals surface area contributed by atoms with Crippen molar-refractivity contribution in [2.75, 3.05) is 19.6 Å². The normalized spacial score (nSPS) is 15.5. The van der Waals surface area contributed by atoms with Gasteiger partial charge in [-0.25, -0.2) is 0 Å². The van der Waals surface area contributed by atoms with E-state index in [0.29, 0.717) is 12.5 Å². The molecule has 0 spiro atoms. The molecule has 0 radical (unpaired) electrons. The molecule has 180 valence electrons. The molecule has 1 saturated heterocycles. The van der Waals surface area contributed by atoms with Crippen LogP contribution in [0.25, 0.3) is 33.0 Å². The van der Waals surface area contributed by atoms with E-state index in [9.17, 15) is 9.90 Å². The molecule has 1 N–H and O–H groups in total. The average Bonchev–Trinajstić information content (AvgIpc) is 2.85. The molecule has 35 heavy (non-hydrogen) atoms. The third-order valence-corrected chi connectivity index (χ3v) is 7.11. The lowest BCUT2D eigenvalue weighted by molar-refractivity contribution is 0.0279. The highest BCUT2D eigenvalue weighted by molar-refractivity contribution is 5.91. The van der Waals surface area contributed by atoms with E-state index in [1.54, 1.807) is 12.4 Å². The first-order valence-electron chi connectivity index (χ1n) is 12.4. The van der Waals surface area contributed by atoms with Crippen LogP contribution in [0.2, 0.25) is 0 Å². The van der Waals surface area contributed by atoms with Crippen molar-refractivity contribution in [3.05, 3.63) is 89.1 Å². The van der Waals surface area contributed by atoms with Crippen LogP contribution in [-0.2, 0) is 7.05 Å². The molecule has 0 saturated carbocycles. The maximum atomic E-state index is 13.9. The van der Waals surface area contributed by atoms with Crippen LogP contribution in [0.3, 0.4) is 0 Å². The van der Waals surface area contributed by atoms with Crippen molar-refractivity contribution >= 4 is 10.8 Å². The fraction of sp³-hybridized carbons (Fsp3) is 0.333. The first-order chi connectivity index (χ1) is 16.8. The van der Waals surface area contributed by atoms with E-state index in [-0.39, 0.29) is 5.56 Å². The molecule has 1 fully saturated rings. The Kier molecular flexibility index (Phi) is 6.30. The van der Waals surface area contributed by atoms with Gasteiger partial charge in [0.2, 0.25) is 0 Å². The average molecular weight is 468 g/mol. The van der Waals surface area contributed by atoms with Gasteiger partial charge in [0.05, 0.1) is 11.2 Å². The zero-order valence-electron chi connectivity index (χ0n) is 20.7. The molecule has 5 nitrogen and oxygen atoms in total. The van der Waals surface area contributed by atoms with Gasteiger partial charge < -0.3 is 14.6 Å². The second-order valence-electron chi connectivity index (χ2n) is 10.4. The predicted octanol–water partition coefficient (Wildman–Crippen LogP) is 5.22. The molecule has 2 aromatic carbocycles. The third kappa shape index (κ3) is 4.93. The Labute approximate surface area is 206 Å². The molecule has 0 amide bonds. The molecule has 5 heteroatoms. The monoisotopic (exact) mass is 467 g/mol. The van der Waals surface area contributed by atoms with Crippen LogP contribution in [0.15, 0.2) is 77.9 Å². The number of hydrogen-bond donors (Lipinski definition) is 1. The number of β-amino-alcohol motifs (C(OH)–C–C–N with tert-alkyl or cyclic N) is 1. The Morgan fingerprint density at radius 1 is 0.943 bits per heavy atom. The number of aromatic nitrogens is 2. The van der Waals surface area contributed by atoms with E-state index >= 15 is 0 Å². The topological polar surface area (TPSA) is 58.4 Å². The Morgan fingerprint density at radius 3 is 2.31 bits per heavy atom. The number of piperidine rings is 1. The maximum Gasteiger partial charge on any atom is 0.259 e. The third-order valence-electron chi connectivity index (χ3n) is 7.11. The minimum atomic E-state index is -0.699. The zero-order valence-corrected chi connectivity index (χ0v) is 20.7. The SMILES string of the molecule is Cn1c(C2CCN(CC(C)(C)O)CC2)cc(-c2ccncc2)c(-c2ccc3ccccc3c2)c1=O. The van der Waals surface area contributed by atoms with Crippen molar-refractivity contribution < 1.29 is 5.11 Å². The summed E-state index contributed by atoms with van der Waals surface area (Å²) in [5.74, 6) is 0.303. The highest BCUT2D eigenvalue weighted by atomic mass is 16.3. The van der Waals surface area contributed by atoms with Gasteiger partial charge in [0.25, 0.3) is 5.56 Å². The lowest BCUT2D eigenvalue weighted by atomic mass is 9.88. The Hall–Kier alpha value is -3.28. The van der Waals surface area contributed by atoms with Crippen LogP contribution in [0.4, 0.5) is 0 Å². The van der Waals surface area contributed by atoms with E-state index in [1.165, 1.54) is 0 Å². The number of rotatable bonds is 5. The van der Waals surface area contributed by atoms with E-state index in [2.05, 4.69) is 46.3 Å². The quantitative estimate of drug-likeness (QED) is 0.437. The zero-order chi connectivity index (χ0) is 24.6. The molecule has 0 bridgehead atoms. The molecule has 1 aliphatic heterocycles. The minimum Gasteiger partial charge on any atom is -0.389 e. The Bertz CT molecular complexity index is 1400. The smallest absolute Gasteiger partial charge is 0.259 e. The largest absolute Gasteiger partial charge is 0.389 e. The molecular formula is C30H33N3O2. The highest BCUT2D eigenvalue weighted by Gasteiger charge is 2.27. The number of pyridine rings is 2. The summed E-state index contributed by atoms with van der Waals surface area (Å²) in [6.45, 7) is 6.21. The second-order valence-corrected chi connectivity index (χ2v) is 10.4. The van der Waals surface area contributed by atoms with E-state index in [0.717, 1.165) is 64.7 Å². The second kappa shape index (κ2) is 9.40. The van der Waals surface area contributed by atoms with Crippen LogP contribution in [0, 0.1) is 0 Å². The molecule has 1 aliphatic rings. The first kappa shape index (κ1) is 23.5. The first-order valence-corrected chi connectivity index (χ1v) is 12.4. The molecule has 4 aromatic rings. The molecule has 5 rings (SSSR count). The van der Waals surface area contributed by atoms with Gasteiger partial charge in [-0.1, -0.05) is 36.4 Å². The standard InChI is InChI=1S/C30H33N3O2/c1-30(2,35)20-33-16-12-23(13-17-33)27-19-26(22-10-14-31-15-11-22)28(29(34)32(27)3)25-9-8-21-6-4-5-7-24(21)18-25/h4-11,14-15,18-19,23,35H,12-13,16-17,20H2,1-3H3. The summed E-state index contributed by atoms with van der Waals surface area (Å²) in [5, 5.41) is 12.5. The van der Waals surface area contributed by atoms with E-state index in [4.69, 9.17) is 0 Å². The van der Waals surface area contributed by atoms with Crippen LogP contribution >= 0.6 is 0 Å². The van der Waals surface area contributed by atoms with Gasteiger partial charge in [0.15, 0.2) is 0 Å². The number of hydrogen-bond acceptors (Lipinski definition) is 4. The number of aliphatic hydroxyl groups is 1. The fourth-order valence-corrected chi connectivity index (χ4v) is 5.43. The summed E-state index contributed by atoms with van der Waals surface area (Å²) in [6.07, 6.45) is 5.50. The summed E-state index contributed by atoms with van der Waals surface area (Å²) in [7, 11) is 1.90. The van der Waals surface area contributed by atoms with Crippen molar-refractivity contribution in [3.63, 3.8) is 0 Å². The molecule has 2 aromatic heterocycles. The van der Waals surface area contributed by atoms with Crippen LogP contribution in [0.1, 0.15) is 38.3 Å². The molecule has 3 heterocycles. The van der Waals surface area contributed by atoms with Gasteiger partial charge in [0.1, 0.15) is 0 Å².